The molecule has 0 aliphatic carbocycles. The maximum atomic E-state index is 9.38. The molecule has 4 aromatic carbocycles. The molecule has 0 aromatic heterocycles. The fraction of sp³-hybridized carbons (Fsp3) is 0. The summed E-state index contributed by atoms with van der Waals surface area (Å²) in [7, 11) is 0. The first-order valence-corrected chi connectivity index (χ1v) is 7.35. The minimum atomic E-state index is 0.170. The maximum absolute atomic E-state index is 9.38. The summed E-state index contributed by atoms with van der Waals surface area (Å²) in [5.74, 6) is 0.800. The summed E-state index contributed by atoms with van der Waals surface area (Å²) < 4.78 is 0. The van der Waals surface area contributed by atoms with Crippen LogP contribution in [0.15, 0.2) is 72.8 Å². The molecule has 0 saturated carbocycles. The minimum Gasteiger partial charge on any atom is -0.508 e. The summed E-state index contributed by atoms with van der Waals surface area (Å²) in [5, 5.41) is 40.3. The molecule has 0 aliphatic rings. The van der Waals surface area contributed by atoms with Crippen LogP contribution < -0.4 is 0 Å². The molecule has 0 amide bonds. The number of aromatic hydroxyl groups is 4. The van der Waals surface area contributed by atoms with Gasteiger partial charge in [0.2, 0.25) is 0 Å². The van der Waals surface area contributed by atoms with Gasteiger partial charge in [-0.2, -0.15) is 0 Å². The van der Waals surface area contributed by atoms with Crippen LogP contribution in [0.25, 0.3) is 21.5 Å². The van der Waals surface area contributed by atoms with Crippen molar-refractivity contribution >= 4 is 21.5 Å². The molecule has 4 heteroatoms. The first-order chi connectivity index (χ1) is 11.5. The number of rotatable bonds is 0. The Labute approximate surface area is 138 Å². The van der Waals surface area contributed by atoms with Crippen LogP contribution in [0.4, 0.5) is 0 Å². The third kappa shape index (κ3) is 3.33. The zero-order chi connectivity index (χ0) is 17.1. The molecular weight excluding hydrogens is 304 g/mol. The summed E-state index contributed by atoms with van der Waals surface area (Å²) in [4.78, 5) is 0. The van der Waals surface area contributed by atoms with Gasteiger partial charge in [0.05, 0.1) is 0 Å². The van der Waals surface area contributed by atoms with Crippen LogP contribution in [0.3, 0.4) is 0 Å². The molecule has 24 heavy (non-hydrogen) atoms. The Bertz CT molecular complexity index is 972. The van der Waals surface area contributed by atoms with Crippen LogP contribution in [-0.4, -0.2) is 20.4 Å². The van der Waals surface area contributed by atoms with Gasteiger partial charge in [-0.05, 0) is 58.6 Å². The van der Waals surface area contributed by atoms with Crippen molar-refractivity contribution in [3.63, 3.8) is 0 Å². The molecular formula is C20H16O4. The SMILES string of the molecule is Oc1ccc2ccc(O)cc2c1.Oc1ccc2cccc(O)c2c1. The highest BCUT2D eigenvalue weighted by molar-refractivity contribution is 5.89. The van der Waals surface area contributed by atoms with Gasteiger partial charge in [0, 0.05) is 5.39 Å². The molecule has 0 atom stereocenters. The summed E-state index contributed by atoms with van der Waals surface area (Å²) in [6.45, 7) is 0. The minimum absolute atomic E-state index is 0.170. The topological polar surface area (TPSA) is 80.9 Å². The van der Waals surface area contributed by atoms with Crippen molar-refractivity contribution in [2.45, 2.75) is 0 Å². The number of fused-ring (bicyclic) bond motifs is 2. The molecule has 0 saturated heterocycles. The van der Waals surface area contributed by atoms with Gasteiger partial charge in [0.15, 0.2) is 0 Å². The van der Waals surface area contributed by atoms with E-state index >= 15 is 0 Å². The predicted molar refractivity (Wildman–Crippen MR) is 94.6 cm³/mol. The van der Waals surface area contributed by atoms with Crippen molar-refractivity contribution < 1.29 is 20.4 Å². The van der Waals surface area contributed by atoms with E-state index in [0.29, 0.717) is 5.39 Å². The second-order valence-corrected chi connectivity index (χ2v) is 5.40. The highest BCUT2D eigenvalue weighted by Gasteiger charge is 1.98. The third-order valence-electron chi connectivity index (χ3n) is 3.65. The van der Waals surface area contributed by atoms with Crippen LogP contribution in [0.2, 0.25) is 0 Å². The summed E-state index contributed by atoms with van der Waals surface area (Å²) in [5.41, 5.74) is 0. The fourth-order valence-electron chi connectivity index (χ4n) is 2.47. The molecule has 0 fully saturated rings. The van der Waals surface area contributed by atoms with Gasteiger partial charge in [0.25, 0.3) is 0 Å². The smallest absolute Gasteiger partial charge is 0.123 e. The average molecular weight is 320 g/mol. The van der Waals surface area contributed by atoms with E-state index in [0.717, 1.165) is 16.2 Å². The van der Waals surface area contributed by atoms with E-state index < -0.39 is 0 Å². The molecule has 4 aromatic rings. The van der Waals surface area contributed by atoms with Crippen molar-refractivity contribution in [3.8, 4) is 23.0 Å². The molecule has 0 spiro atoms. The number of hydrogen-bond acceptors (Lipinski definition) is 4. The first-order valence-electron chi connectivity index (χ1n) is 7.35. The Kier molecular flexibility index (Phi) is 4.12. The molecule has 120 valence electrons. The summed E-state index contributed by atoms with van der Waals surface area (Å²) >= 11 is 0. The van der Waals surface area contributed by atoms with Crippen LogP contribution in [0, 0.1) is 0 Å². The maximum Gasteiger partial charge on any atom is 0.123 e. The van der Waals surface area contributed by atoms with Crippen molar-refractivity contribution in [1.82, 2.24) is 0 Å². The van der Waals surface area contributed by atoms with E-state index in [2.05, 4.69) is 0 Å². The second-order valence-electron chi connectivity index (χ2n) is 5.40. The van der Waals surface area contributed by atoms with E-state index in [4.69, 9.17) is 15.3 Å². The number of phenolic OH excluding ortho intramolecular Hbond substituents is 4. The van der Waals surface area contributed by atoms with Gasteiger partial charge in [-0.15, -0.1) is 0 Å². The zero-order valence-corrected chi connectivity index (χ0v) is 12.7. The molecule has 0 unspecified atom stereocenters. The Morgan fingerprint density at radius 2 is 1.00 bits per heavy atom. The van der Waals surface area contributed by atoms with Crippen LogP contribution in [0.1, 0.15) is 0 Å². The Morgan fingerprint density at radius 1 is 0.458 bits per heavy atom. The molecule has 4 rings (SSSR count). The quantitative estimate of drug-likeness (QED) is 0.384. The van der Waals surface area contributed by atoms with Gasteiger partial charge in [-0.25, -0.2) is 0 Å². The molecule has 0 aliphatic heterocycles. The Balaban J connectivity index is 0.000000141. The molecule has 0 heterocycles. The summed E-state index contributed by atoms with van der Waals surface area (Å²) in [6.07, 6.45) is 0. The van der Waals surface area contributed by atoms with Gasteiger partial charge in [-0.3, -0.25) is 0 Å². The van der Waals surface area contributed by atoms with E-state index in [-0.39, 0.29) is 23.0 Å². The van der Waals surface area contributed by atoms with Gasteiger partial charge in [-0.1, -0.05) is 30.3 Å². The highest BCUT2D eigenvalue weighted by Crippen LogP contribution is 2.27. The monoisotopic (exact) mass is 320 g/mol. The van der Waals surface area contributed by atoms with Gasteiger partial charge < -0.3 is 20.4 Å². The zero-order valence-electron chi connectivity index (χ0n) is 12.7. The lowest BCUT2D eigenvalue weighted by atomic mass is 10.1. The molecule has 4 nitrogen and oxygen atoms in total. The summed E-state index contributed by atoms with van der Waals surface area (Å²) in [6, 6.07) is 20.3. The predicted octanol–water partition coefficient (Wildman–Crippen LogP) is 4.50. The van der Waals surface area contributed by atoms with Crippen LogP contribution in [0.5, 0.6) is 23.0 Å². The lowest BCUT2D eigenvalue weighted by Gasteiger charge is -2.00. The Hall–Kier alpha value is -3.40. The average Bonchev–Trinajstić information content (AvgIpc) is 2.56. The second kappa shape index (κ2) is 6.38. The van der Waals surface area contributed by atoms with Crippen molar-refractivity contribution in [2.75, 3.05) is 0 Å². The largest absolute Gasteiger partial charge is 0.508 e. The van der Waals surface area contributed by atoms with Crippen LogP contribution in [-0.2, 0) is 0 Å². The lowest BCUT2D eigenvalue weighted by Crippen LogP contribution is -1.72. The highest BCUT2D eigenvalue weighted by atomic mass is 16.3. The van der Waals surface area contributed by atoms with Crippen LogP contribution >= 0.6 is 0 Å². The number of benzene rings is 4. The standard InChI is InChI=1S/2C10H8O2/c11-9-3-1-7-2-4-10(12)6-8(7)5-9;11-8-5-4-7-2-1-3-10(12)9(7)6-8/h2*1-6,11-12H. The van der Waals surface area contributed by atoms with E-state index in [1.54, 1.807) is 54.6 Å². The Morgan fingerprint density at radius 3 is 1.62 bits per heavy atom. The molecule has 4 N–H and O–H groups in total. The van der Waals surface area contributed by atoms with E-state index in [9.17, 15) is 5.11 Å². The third-order valence-corrected chi connectivity index (χ3v) is 3.65. The molecule has 0 bridgehead atoms. The first kappa shape index (κ1) is 15.5. The fourth-order valence-corrected chi connectivity index (χ4v) is 2.47. The van der Waals surface area contributed by atoms with Crippen molar-refractivity contribution in [3.05, 3.63) is 72.8 Å². The number of phenols is 4. The van der Waals surface area contributed by atoms with E-state index in [1.165, 1.54) is 0 Å². The lowest BCUT2D eigenvalue weighted by molar-refractivity contribution is 0.471. The van der Waals surface area contributed by atoms with E-state index in [1.807, 2.05) is 18.2 Å². The van der Waals surface area contributed by atoms with Gasteiger partial charge >= 0.3 is 0 Å². The number of hydrogen-bond donors (Lipinski definition) is 4. The molecule has 0 radical (unpaired) electrons. The normalized spacial score (nSPS) is 10.3. The van der Waals surface area contributed by atoms with Gasteiger partial charge in [0.1, 0.15) is 23.0 Å². The van der Waals surface area contributed by atoms with Crippen molar-refractivity contribution in [1.29, 1.82) is 0 Å². The van der Waals surface area contributed by atoms with Crippen molar-refractivity contribution in [2.24, 2.45) is 0 Å².